The molecule has 10 nitrogen and oxygen atoms in total. The maximum atomic E-state index is 15.4. The lowest BCUT2D eigenvalue weighted by atomic mass is 9.78. The molecular formula is C27H33ClF4N4O6. The van der Waals surface area contributed by atoms with Crippen LogP contribution in [0.4, 0.5) is 22.4 Å². The molecular weight excluding hydrogens is 588 g/mol. The number of ether oxygens (including phenoxy) is 3. The molecule has 2 amide bonds. The van der Waals surface area contributed by atoms with Gasteiger partial charge in [0.05, 0.1) is 60.3 Å². The van der Waals surface area contributed by atoms with Crippen molar-refractivity contribution >= 4 is 29.6 Å². The zero-order valence-electron chi connectivity index (χ0n) is 23.6. The van der Waals surface area contributed by atoms with E-state index in [2.05, 4.69) is 15.5 Å². The van der Waals surface area contributed by atoms with Crippen molar-refractivity contribution in [3.05, 3.63) is 56.6 Å². The van der Waals surface area contributed by atoms with Crippen molar-refractivity contribution < 1.29 is 46.2 Å². The lowest BCUT2D eigenvalue weighted by Crippen LogP contribution is -2.51. The molecule has 0 saturated carbocycles. The fourth-order valence-corrected chi connectivity index (χ4v) is 5.24. The second kappa shape index (κ2) is 14.2. The maximum absolute atomic E-state index is 15.4. The van der Waals surface area contributed by atoms with Crippen molar-refractivity contribution in [2.24, 2.45) is 0 Å². The number of amides is 2. The number of carbonyl (C=O) groups is 3. The number of alkyl halides is 3. The summed E-state index contributed by atoms with van der Waals surface area (Å²) in [5, 5.41) is 4.63. The molecule has 1 aromatic rings. The van der Waals surface area contributed by atoms with Crippen LogP contribution >= 0.6 is 11.6 Å². The smallest absolute Gasteiger partial charge is 0.418 e. The summed E-state index contributed by atoms with van der Waals surface area (Å²) in [7, 11) is 2.57. The summed E-state index contributed by atoms with van der Waals surface area (Å²) < 4.78 is 73.9. The number of urea groups is 1. The quantitative estimate of drug-likeness (QED) is 0.246. The Labute approximate surface area is 245 Å². The first-order valence-electron chi connectivity index (χ1n) is 13.1. The van der Waals surface area contributed by atoms with E-state index in [0.29, 0.717) is 32.7 Å². The van der Waals surface area contributed by atoms with Gasteiger partial charge in [-0.25, -0.2) is 18.8 Å². The summed E-state index contributed by atoms with van der Waals surface area (Å²) in [4.78, 5) is 41.7. The van der Waals surface area contributed by atoms with Gasteiger partial charge in [0.1, 0.15) is 5.82 Å². The molecule has 42 heavy (non-hydrogen) atoms. The first-order valence-corrected chi connectivity index (χ1v) is 13.5. The van der Waals surface area contributed by atoms with Crippen LogP contribution in [0.2, 0.25) is 5.02 Å². The Balaban J connectivity index is 1.98. The van der Waals surface area contributed by atoms with Gasteiger partial charge in [-0.15, -0.1) is 0 Å². The minimum Gasteiger partial charge on any atom is -0.466 e. The average molecular weight is 621 g/mol. The summed E-state index contributed by atoms with van der Waals surface area (Å²) in [6.45, 7) is 5.33. The van der Waals surface area contributed by atoms with Gasteiger partial charge in [0.25, 0.3) is 0 Å². The van der Waals surface area contributed by atoms with Gasteiger partial charge in [-0.3, -0.25) is 4.90 Å². The molecule has 2 N–H and O–H groups in total. The molecule has 2 heterocycles. The minimum atomic E-state index is -5.13. The molecule has 0 radical (unpaired) electrons. The molecule has 3 rings (SSSR count). The summed E-state index contributed by atoms with van der Waals surface area (Å²) in [5.41, 5.74) is -3.34. The normalized spacial score (nSPS) is 18.1. The van der Waals surface area contributed by atoms with Crippen LogP contribution in [0.1, 0.15) is 30.9 Å². The molecule has 1 atom stereocenters. The molecule has 0 aromatic heterocycles. The molecule has 0 aliphatic carbocycles. The maximum Gasteiger partial charge on any atom is 0.418 e. The van der Waals surface area contributed by atoms with Crippen LogP contribution in [-0.2, 0) is 30.0 Å². The van der Waals surface area contributed by atoms with Crippen molar-refractivity contribution in [3.8, 4) is 0 Å². The van der Waals surface area contributed by atoms with Gasteiger partial charge in [-0.05, 0) is 26.0 Å². The number of dihydropyridines is 1. The standard InChI is InChI=1S/C27H33ClF4N4O6/c1-5-42-25(38)21-18(14-41-13-12-35-8-10-36(11-9-35)26(39)33-3)34-15(2)19(24(37)40-4)22(21)20-17(29)7-6-16(28)23(20)27(30,31)32/h6-7,22,34H,5,8-14H2,1-4H3,(H,33,39). The van der Waals surface area contributed by atoms with Crippen LogP contribution in [0.15, 0.2) is 34.7 Å². The van der Waals surface area contributed by atoms with Gasteiger partial charge in [0.2, 0.25) is 0 Å². The van der Waals surface area contributed by atoms with Crippen molar-refractivity contribution in [2.45, 2.75) is 25.9 Å². The number of nitrogens with one attached hydrogen (secondary N) is 2. The van der Waals surface area contributed by atoms with Crippen molar-refractivity contribution in [3.63, 3.8) is 0 Å². The molecule has 2 aliphatic heterocycles. The topological polar surface area (TPSA) is 109 Å². The van der Waals surface area contributed by atoms with E-state index in [-0.39, 0.29) is 37.2 Å². The van der Waals surface area contributed by atoms with E-state index >= 15 is 4.39 Å². The zero-order valence-corrected chi connectivity index (χ0v) is 24.4. The highest BCUT2D eigenvalue weighted by Gasteiger charge is 2.46. The van der Waals surface area contributed by atoms with Gasteiger partial charge in [0.15, 0.2) is 0 Å². The van der Waals surface area contributed by atoms with E-state index in [1.807, 2.05) is 0 Å². The number of esters is 2. The Morgan fingerprint density at radius 1 is 1.12 bits per heavy atom. The number of methoxy groups -OCH3 is 1. The molecule has 1 aromatic carbocycles. The molecule has 0 spiro atoms. The molecule has 0 bridgehead atoms. The number of piperazine rings is 1. The fourth-order valence-electron chi connectivity index (χ4n) is 4.97. The number of nitrogens with zero attached hydrogens (tertiary/aromatic N) is 2. The lowest BCUT2D eigenvalue weighted by molar-refractivity contribution is -0.141. The van der Waals surface area contributed by atoms with E-state index in [1.54, 1.807) is 11.9 Å². The first-order chi connectivity index (χ1) is 19.8. The number of rotatable bonds is 9. The number of allylic oxidation sites excluding steroid dienone is 1. The molecule has 1 saturated heterocycles. The average Bonchev–Trinajstić information content (AvgIpc) is 2.94. The zero-order chi connectivity index (χ0) is 31.2. The van der Waals surface area contributed by atoms with E-state index in [1.165, 1.54) is 13.8 Å². The van der Waals surface area contributed by atoms with E-state index in [0.717, 1.165) is 19.2 Å². The summed E-state index contributed by atoms with van der Waals surface area (Å²) in [6.07, 6.45) is -5.13. The molecule has 2 aliphatic rings. The van der Waals surface area contributed by atoms with E-state index in [4.69, 9.17) is 25.8 Å². The van der Waals surface area contributed by atoms with E-state index in [9.17, 15) is 27.6 Å². The predicted molar refractivity (Wildman–Crippen MR) is 144 cm³/mol. The third-order valence-corrected chi connectivity index (χ3v) is 7.25. The Bertz CT molecular complexity index is 1260. The Kier molecular flexibility index (Phi) is 11.2. The Morgan fingerprint density at radius 2 is 1.79 bits per heavy atom. The van der Waals surface area contributed by atoms with Crippen molar-refractivity contribution in [1.29, 1.82) is 0 Å². The summed E-state index contributed by atoms with van der Waals surface area (Å²) >= 11 is 5.92. The SMILES string of the molecule is CCOC(=O)C1=C(COCCN2CCN(C(=O)NC)CC2)NC(C)=C(C(=O)OC)C1c1c(F)ccc(Cl)c1C(F)(F)F. The van der Waals surface area contributed by atoms with Gasteiger partial charge in [-0.1, -0.05) is 11.6 Å². The molecule has 232 valence electrons. The van der Waals surface area contributed by atoms with Crippen LogP contribution in [0.3, 0.4) is 0 Å². The molecule has 1 unspecified atom stereocenters. The molecule has 1 fully saturated rings. The highest BCUT2D eigenvalue weighted by atomic mass is 35.5. The second-order valence-corrected chi connectivity index (χ2v) is 9.86. The highest BCUT2D eigenvalue weighted by Crippen LogP contribution is 2.47. The van der Waals surface area contributed by atoms with E-state index < -0.39 is 57.1 Å². The van der Waals surface area contributed by atoms with Crippen LogP contribution < -0.4 is 10.6 Å². The first kappa shape index (κ1) is 33.1. The summed E-state index contributed by atoms with van der Waals surface area (Å²) in [5.74, 6) is -5.34. The van der Waals surface area contributed by atoms with Crippen LogP contribution in [0.25, 0.3) is 0 Å². The van der Waals surface area contributed by atoms with Crippen LogP contribution in [0, 0.1) is 5.82 Å². The van der Waals surface area contributed by atoms with Gasteiger partial charge < -0.3 is 29.7 Å². The number of benzene rings is 1. The number of carbonyl (C=O) groups excluding carboxylic acids is 3. The van der Waals surface area contributed by atoms with Crippen LogP contribution in [-0.4, -0.2) is 94.5 Å². The predicted octanol–water partition coefficient (Wildman–Crippen LogP) is 3.42. The summed E-state index contributed by atoms with van der Waals surface area (Å²) in [6, 6.07) is 1.33. The minimum absolute atomic E-state index is 0.000499. The van der Waals surface area contributed by atoms with Gasteiger partial charge in [0, 0.05) is 51.0 Å². The second-order valence-electron chi connectivity index (χ2n) is 9.45. The van der Waals surface area contributed by atoms with Crippen molar-refractivity contribution in [2.75, 3.05) is 66.7 Å². The van der Waals surface area contributed by atoms with Crippen molar-refractivity contribution in [1.82, 2.24) is 20.4 Å². The van der Waals surface area contributed by atoms with Gasteiger partial charge in [-0.2, -0.15) is 13.2 Å². The highest BCUT2D eigenvalue weighted by molar-refractivity contribution is 6.31. The number of hydrogen-bond acceptors (Lipinski definition) is 8. The Morgan fingerprint density at radius 3 is 2.36 bits per heavy atom. The number of hydrogen-bond donors (Lipinski definition) is 2. The van der Waals surface area contributed by atoms with Gasteiger partial charge >= 0.3 is 24.1 Å². The number of halogens is 5. The monoisotopic (exact) mass is 620 g/mol. The largest absolute Gasteiger partial charge is 0.466 e. The lowest BCUT2D eigenvalue weighted by Gasteiger charge is -2.34. The third kappa shape index (κ3) is 7.34. The third-order valence-electron chi connectivity index (χ3n) is 6.93. The van der Waals surface area contributed by atoms with Crippen LogP contribution in [0.5, 0.6) is 0 Å². The Hall–Kier alpha value is -3.36. The fraction of sp³-hybridized carbons (Fsp3) is 0.519. The molecule has 15 heteroatoms.